The molecule has 1 aliphatic rings. The first-order chi connectivity index (χ1) is 5.76. The molecule has 1 saturated heterocycles. The Morgan fingerprint density at radius 2 is 2.17 bits per heavy atom. The Hall–Kier alpha value is -0.570. The third-order valence-corrected chi connectivity index (χ3v) is 2.47. The normalized spacial score (nSPS) is 23.2. The Labute approximate surface area is 74.1 Å². The zero-order valence-corrected chi connectivity index (χ0v) is 7.97. The van der Waals surface area contributed by atoms with E-state index in [1.165, 1.54) is 0 Å². The predicted octanol–water partition coefficient (Wildman–Crippen LogP) is 0.464. The molecule has 1 unspecified atom stereocenters. The van der Waals surface area contributed by atoms with Gasteiger partial charge in [0, 0.05) is 19.5 Å². The molecule has 1 rings (SSSR count). The van der Waals surface area contributed by atoms with Crippen LogP contribution in [0, 0.1) is 5.92 Å². The highest BCUT2D eigenvalue weighted by Gasteiger charge is 2.22. The lowest BCUT2D eigenvalue weighted by atomic mass is 10.1. The lowest BCUT2D eigenvalue weighted by molar-refractivity contribution is -0.119. The quantitative estimate of drug-likeness (QED) is 0.665. The van der Waals surface area contributed by atoms with Crippen molar-refractivity contribution in [1.29, 1.82) is 0 Å². The molecule has 0 aromatic carbocycles. The fraction of sp³-hybridized carbons (Fsp3) is 0.889. The van der Waals surface area contributed by atoms with E-state index in [1.54, 1.807) is 0 Å². The number of hydrogen-bond donors (Lipinski definition) is 1. The van der Waals surface area contributed by atoms with E-state index < -0.39 is 0 Å². The molecule has 1 atom stereocenters. The first kappa shape index (κ1) is 9.52. The van der Waals surface area contributed by atoms with Gasteiger partial charge in [-0.1, -0.05) is 13.8 Å². The van der Waals surface area contributed by atoms with Crippen LogP contribution in [0.1, 0.15) is 20.3 Å². The number of carbonyl (C=O) groups excluding carboxylic acids is 1. The fourth-order valence-corrected chi connectivity index (χ4v) is 1.64. The van der Waals surface area contributed by atoms with Crippen molar-refractivity contribution in [1.82, 2.24) is 10.2 Å². The summed E-state index contributed by atoms with van der Waals surface area (Å²) in [7, 11) is 0. The first-order valence-electron chi connectivity index (χ1n) is 4.75. The molecular weight excluding hydrogens is 152 g/mol. The van der Waals surface area contributed by atoms with E-state index in [2.05, 4.69) is 24.1 Å². The van der Waals surface area contributed by atoms with Crippen LogP contribution in [0.25, 0.3) is 0 Å². The maximum absolute atomic E-state index is 10.9. The average molecular weight is 170 g/mol. The molecule has 0 aliphatic carbocycles. The minimum atomic E-state index is 0.215. The van der Waals surface area contributed by atoms with Gasteiger partial charge in [-0.25, -0.2) is 0 Å². The summed E-state index contributed by atoms with van der Waals surface area (Å²) in [5.41, 5.74) is 0. The lowest BCUT2D eigenvalue weighted by Gasteiger charge is -2.20. The maximum Gasteiger partial charge on any atom is 0.220 e. The van der Waals surface area contributed by atoms with Gasteiger partial charge in [0.05, 0.1) is 0 Å². The van der Waals surface area contributed by atoms with Gasteiger partial charge in [-0.3, -0.25) is 4.79 Å². The summed E-state index contributed by atoms with van der Waals surface area (Å²) in [6.45, 7) is 8.42. The average Bonchev–Trinajstić information content (AvgIpc) is 2.47. The zero-order chi connectivity index (χ0) is 8.97. The minimum Gasteiger partial charge on any atom is -0.356 e. The number of rotatable bonds is 4. The fourth-order valence-electron chi connectivity index (χ4n) is 1.64. The SMILES string of the molecule is CCN(CC)CC1CNC(=O)C1. The molecule has 12 heavy (non-hydrogen) atoms. The third kappa shape index (κ3) is 2.48. The summed E-state index contributed by atoms with van der Waals surface area (Å²) in [6, 6.07) is 0. The van der Waals surface area contributed by atoms with E-state index >= 15 is 0 Å². The Balaban J connectivity index is 2.26. The smallest absolute Gasteiger partial charge is 0.220 e. The van der Waals surface area contributed by atoms with Crippen molar-refractivity contribution in [2.75, 3.05) is 26.2 Å². The van der Waals surface area contributed by atoms with Crippen LogP contribution in [0.2, 0.25) is 0 Å². The van der Waals surface area contributed by atoms with Gasteiger partial charge in [0.25, 0.3) is 0 Å². The van der Waals surface area contributed by atoms with Crippen LogP contribution in [0.3, 0.4) is 0 Å². The Morgan fingerprint density at radius 1 is 1.50 bits per heavy atom. The van der Waals surface area contributed by atoms with E-state index in [1.807, 2.05) is 0 Å². The topological polar surface area (TPSA) is 32.3 Å². The van der Waals surface area contributed by atoms with E-state index in [0.29, 0.717) is 5.92 Å². The molecule has 3 heteroatoms. The Morgan fingerprint density at radius 3 is 2.58 bits per heavy atom. The summed E-state index contributed by atoms with van der Waals surface area (Å²) < 4.78 is 0. The van der Waals surface area contributed by atoms with Crippen LogP contribution in [0.5, 0.6) is 0 Å². The largest absolute Gasteiger partial charge is 0.356 e. The summed E-state index contributed by atoms with van der Waals surface area (Å²) >= 11 is 0. The molecule has 3 nitrogen and oxygen atoms in total. The van der Waals surface area contributed by atoms with Gasteiger partial charge in [-0.2, -0.15) is 0 Å². The molecule has 0 radical (unpaired) electrons. The molecule has 1 fully saturated rings. The van der Waals surface area contributed by atoms with Crippen molar-refractivity contribution in [3.8, 4) is 0 Å². The zero-order valence-electron chi connectivity index (χ0n) is 7.97. The second kappa shape index (κ2) is 4.45. The lowest BCUT2D eigenvalue weighted by Crippen LogP contribution is -2.30. The predicted molar refractivity (Wildman–Crippen MR) is 48.9 cm³/mol. The van der Waals surface area contributed by atoms with Gasteiger partial charge < -0.3 is 10.2 Å². The molecule has 0 saturated carbocycles. The number of nitrogens with zero attached hydrogens (tertiary/aromatic N) is 1. The van der Waals surface area contributed by atoms with E-state index in [0.717, 1.165) is 32.6 Å². The van der Waals surface area contributed by atoms with Gasteiger partial charge in [0.2, 0.25) is 5.91 Å². The highest BCUT2D eigenvalue weighted by Crippen LogP contribution is 2.10. The molecular formula is C9H18N2O. The van der Waals surface area contributed by atoms with E-state index in [-0.39, 0.29) is 5.91 Å². The van der Waals surface area contributed by atoms with Crippen LogP contribution in [-0.2, 0) is 4.79 Å². The Bertz CT molecular complexity index is 155. The number of amides is 1. The summed E-state index contributed by atoms with van der Waals surface area (Å²) in [5.74, 6) is 0.754. The molecule has 1 heterocycles. The third-order valence-electron chi connectivity index (χ3n) is 2.47. The first-order valence-corrected chi connectivity index (χ1v) is 4.75. The van der Waals surface area contributed by atoms with Crippen LogP contribution in [-0.4, -0.2) is 37.0 Å². The van der Waals surface area contributed by atoms with Gasteiger partial charge in [-0.05, 0) is 19.0 Å². The van der Waals surface area contributed by atoms with Crippen molar-refractivity contribution in [3.63, 3.8) is 0 Å². The number of carbonyl (C=O) groups is 1. The van der Waals surface area contributed by atoms with Crippen molar-refractivity contribution in [2.24, 2.45) is 5.92 Å². The monoisotopic (exact) mass is 170 g/mol. The molecule has 1 aliphatic heterocycles. The second-order valence-corrected chi connectivity index (χ2v) is 3.36. The summed E-state index contributed by atoms with van der Waals surface area (Å²) in [6.07, 6.45) is 0.719. The van der Waals surface area contributed by atoms with E-state index in [9.17, 15) is 4.79 Å². The summed E-state index contributed by atoms with van der Waals surface area (Å²) in [4.78, 5) is 13.2. The molecule has 1 N–H and O–H groups in total. The summed E-state index contributed by atoms with van der Waals surface area (Å²) in [5, 5.41) is 2.86. The van der Waals surface area contributed by atoms with Crippen LogP contribution >= 0.6 is 0 Å². The highest BCUT2D eigenvalue weighted by molar-refractivity contribution is 5.78. The molecule has 0 aromatic rings. The highest BCUT2D eigenvalue weighted by atomic mass is 16.1. The molecule has 0 bridgehead atoms. The van der Waals surface area contributed by atoms with Crippen molar-refractivity contribution in [2.45, 2.75) is 20.3 Å². The Kier molecular flexibility index (Phi) is 3.53. The van der Waals surface area contributed by atoms with Crippen molar-refractivity contribution in [3.05, 3.63) is 0 Å². The maximum atomic E-state index is 10.9. The van der Waals surface area contributed by atoms with Crippen molar-refractivity contribution >= 4 is 5.91 Å². The number of nitrogens with one attached hydrogen (secondary N) is 1. The molecule has 70 valence electrons. The molecule has 0 aromatic heterocycles. The van der Waals surface area contributed by atoms with Crippen LogP contribution in [0.15, 0.2) is 0 Å². The standard InChI is InChI=1S/C9H18N2O/c1-3-11(4-2)7-8-5-9(12)10-6-8/h8H,3-7H2,1-2H3,(H,10,12). The van der Waals surface area contributed by atoms with Gasteiger partial charge in [-0.15, -0.1) is 0 Å². The minimum absolute atomic E-state index is 0.215. The van der Waals surface area contributed by atoms with Crippen LogP contribution in [0.4, 0.5) is 0 Å². The van der Waals surface area contributed by atoms with E-state index in [4.69, 9.17) is 0 Å². The van der Waals surface area contributed by atoms with Gasteiger partial charge >= 0.3 is 0 Å². The molecule has 0 spiro atoms. The second-order valence-electron chi connectivity index (χ2n) is 3.36. The number of hydrogen-bond acceptors (Lipinski definition) is 2. The van der Waals surface area contributed by atoms with Gasteiger partial charge in [0.15, 0.2) is 0 Å². The molecule has 1 amide bonds. The van der Waals surface area contributed by atoms with Gasteiger partial charge in [0.1, 0.15) is 0 Å². The van der Waals surface area contributed by atoms with Crippen LogP contribution < -0.4 is 5.32 Å². The van der Waals surface area contributed by atoms with Crippen molar-refractivity contribution < 1.29 is 4.79 Å².